The lowest BCUT2D eigenvalue weighted by Crippen LogP contribution is -2.43. The molecule has 2 fully saturated rings. The number of nitrogens with one attached hydrogen (secondary N) is 1. The molecular weight excluding hydrogens is 385 g/mol. The van der Waals surface area contributed by atoms with Crippen LogP contribution in [0.15, 0.2) is 12.1 Å². The molecule has 1 aliphatic carbocycles. The lowest BCUT2D eigenvalue weighted by Gasteiger charge is -2.35. The smallest absolute Gasteiger partial charge is 0.255 e. The lowest BCUT2D eigenvalue weighted by molar-refractivity contribution is -0.135. The number of nitrogens with zero attached hydrogens (tertiary/aromatic N) is 1. The van der Waals surface area contributed by atoms with Crippen molar-refractivity contribution in [3.8, 4) is 11.5 Å². The van der Waals surface area contributed by atoms with Crippen molar-refractivity contribution in [3.05, 3.63) is 23.5 Å². The first kappa shape index (κ1) is 21.6. The van der Waals surface area contributed by atoms with E-state index in [1.54, 1.807) is 0 Å². The Kier molecular flexibility index (Phi) is 6.86. The van der Waals surface area contributed by atoms with Crippen molar-refractivity contribution in [2.75, 3.05) is 20.7 Å². The highest BCUT2D eigenvalue weighted by Crippen LogP contribution is 2.41. The third-order valence-corrected chi connectivity index (χ3v) is 4.96. The quantitative estimate of drug-likeness (QED) is 0.785. The van der Waals surface area contributed by atoms with Gasteiger partial charge in [0.25, 0.3) is 5.92 Å². The van der Waals surface area contributed by atoms with Gasteiger partial charge in [-0.1, -0.05) is 0 Å². The summed E-state index contributed by atoms with van der Waals surface area (Å²) in [5.74, 6) is -3.28. The molecule has 0 unspecified atom stereocenters. The van der Waals surface area contributed by atoms with Gasteiger partial charge in [-0.2, -0.15) is 0 Å². The van der Waals surface area contributed by atoms with Gasteiger partial charge in [-0.05, 0) is 32.5 Å². The van der Waals surface area contributed by atoms with E-state index in [-0.39, 0.29) is 36.7 Å². The minimum Gasteiger partial charge on any atom is -0.496 e. The van der Waals surface area contributed by atoms with Gasteiger partial charge in [0.15, 0.2) is 11.6 Å². The van der Waals surface area contributed by atoms with E-state index in [1.165, 1.54) is 19.2 Å². The molecule has 5 nitrogen and oxygen atoms in total. The fourth-order valence-corrected chi connectivity index (χ4v) is 3.41. The second kappa shape index (κ2) is 8.56. The number of rotatable bonds is 6. The molecule has 3 rings (SSSR count). The Hall–Kier alpha value is -1.67. The Morgan fingerprint density at radius 2 is 2.04 bits per heavy atom. The number of likely N-dealkylation sites (N-methyl/N-ethyl adjacent to an activating group) is 1. The third kappa shape index (κ3) is 4.99. The number of alkyl halides is 2. The Morgan fingerprint density at radius 3 is 2.59 bits per heavy atom. The van der Waals surface area contributed by atoms with Gasteiger partial charge in [-0.3, -0.25) is 9.69 Å². The summed E-state index contributed by atoms with van der Waals surface area (Å²) in [6.07, 6.45) is 0.238. The topological polar surface area (TPSA) is 50.8 Å². The summed E-state index contributed by atoms with van der Waals surface area (Å²) in [6, 6.07) is 2.38. The average molecular weight is 409 g/mol. The zero-order chi connectivity index (χ0) is 18.9. The fourth-order valence-electron chi connectivity index (χ4n) is 3.41. The Bertz CT molecular complexity index is 682. The molecule has 2 aliphatic rings. The van der Waals surface area contributed by atoms with E-state index in [1.807, 2.05) is 11.9 Å². The Morgan fingerprint density at radius 1 is 1.33 bits per heavy atom. The SMILES string of the molecule is COc1cc(OC2CC(F)(F)C2)c(F)cc1CNC(=O)[C@@H]1CCCN1C.Cl. The highest BCUT2D eigenvalue weighted by Gasteiger charge is 2.47. The van der Waals surface area contributed by atoms with Gasteiger partial charge in [0.05, 0.1) is 13.2 Å². The number of hydrogen-bond acceptors (Lipinski definition) is 4. The molecule has 27 heavy (non-hydrogen) atoms. The number of hydrogen-bond donors (Lipinski definition) is 1. The second-order valence-electron chi connectivity index (χ2n) is 6.95. The molecule has 0 radical (unpaired) electrons. The normalized spacial score (nSPS) is 21.9. The van der Waals surface area contributed by atoms with Crippen molar-refractivity contribution < 1.29 is 27.4 Å². The van der Waals surface area contributed by atoms with Crippen LogP contribution in [0, 0.1) is 5.82 Å². The van der Waals surface area contributed by atoms with Crippen LogP contribution < -0.4 is 14.8 Å². The van der Waals surface area contributed by atoms with E-state index in [4.69, 9.17) is 9.47 Å². The molecule has 0 bridgehead atoms. The minimum absolute atomic E-state index is 0. The summed E-state index contributed by atoms with van der Waals surface area (Å²) in [7, 11) is 3.32. The maximum absolute atomic E-state index is 14.3. The predicted molar refractivity (Wildman–Crippen MR) is 96.3 cm³/mol. The number of likely N-dealkylation sites (tertiary alicyclic amines) is 1. The number of ether oxygens (including phenoxy) is 2. The first-order chi connectivity index (χ1) is 12.3. The summed E-state index contributed by atoms with van der Waals surface area (Å²) in [6.45, 7) is 0.993. The molecule has 152 valence electrons. The Balaban J connectivity index is 0.00000261. The lowest BCUT2D eigenvalue weighted by atomic mass is 9.91. The molecule has 1 aliphatic heterocycles. The maximum atomic E-state index is 14.3. The number of carbonyl (C=O) groups excluding carboxylic acids is 1. The van der Waals surface area contributed by atoms with Crippen molar-refractivity contribution in [3.63, 3.8) is 0 Å². The second-order valence-corrected chi connectivity index (χ2v) is 6.95. The van der Waals surface area contributed by atoms with Crippen molar-refractivity contribution in [2.45, 2.75) is 50.3 Å². The molecule has 1 N–H and O–H groups in total. The number of carbonyl (C=O) groups is 1. The number of benzene rings is 1. The van der Waals surface area contributed by atoms with Gasteiger partial charge in [0, 0.05) is 31.0 Å². The molecule has 1 saturated heterocycles. The number of amides is 1. The van der Waals surface area contributed by atoms with E-state index in [0.29, 0.717) is 11.3 Å². The van der Waals surface area contributed by atoms with Crippen LogP contribution in [-0.4, -0.2) is 49.6 Å². The van der Waals surface area contributed by atoms with Gasteiger partial charge < -0.3 is 14.8 Å². The zero-order valence-corrected chi connectivity index (χ0v) is 16.1. The van der Waals surface area contributed by atoms with Crippen LogP contribution in [0.4, 0.5) is 13.2 Å². The molecule has 0 spiro atoms. The van der Waals surface area contributed by atoms with Crippen LogP contribution in [0.3, 0.4) is 0 Å². The summed E-state index contributed by atoms with van der Waals surface area (Å²) in [5.41, 5.74) is 0.463. The molecule has 1 aromatic rings. The highest BCUT2D eigenvalue weighted by atomic mass is 35.5. The molecule has 1 atom stereocenters. The average Bonchev–Trinajstić information content (AvgIpc) is 2.99. The van der Waals surface area contributed by atoms with Crippen molar-refractivity contribution in [1.29, 1.82) is 0 Å². The van der Waals surface area contributed by atoms with E-state index in [2.05, 4.69) is 5.32 Å². The monoisotopic (exact) mass is 408 g/mol. The molecule has 1 heterocycles. The fraction of sp³-hybridized carbons (Fsp3) is 0.611. The van der Waals surface area contributed by atoms with E-state index in [0.717, 1.165) is 19.4 Å². The summed E-state index contributed by atoms with van der Waals surface area (Å²) in [4.78, 5) is 14.2. The molecule has 9 heteroatoms. The predicted octanol–water partition coefficient (Wildman–Crippen LogP) is 3.14. The number of methoxy groups -OCH3 is 1. The van der Waals surface area contributed by atoms with Crippen LogP contribution in [-0.2, 0) is 11.3 Å². The van der Waals surface area contributed by atoms with Crippen LogP contribution in [0.1, 0.15) is 31.2 Å². The molecule has 1 aromatic carbocycles. The zero-order valence-electron chi connectivity index (χ0n) is 15.3. The van der Waals surface area contributed by atoms with Gasteiger partial charge in [-0.25, -0.2) is 13.2 Å². The van der Waals surface area contributed by atoms with Crippen LogP contribution in [0.5, 0.6) is 11.5 Å². The molecule has 0 aromatic heterocycles. The maximum Gasteiger partial charge on any atom is 0.255 e. The van der Waals surface area contributed by atoms with Gasteiger partial charge >= 0.3 is 0 Å². The molecule has 1 amide bonds. The third-order valence-electron chi connectivity index (χ3n) is 4.96. The first-order valence-corrected chi connectivity index (χ1v) is 8.68. The van der Waals surface area contributed by atoms with Gasteiger partial charge in [0.1, 0.15) is 11.9 Å². The minimum atomic E-state index is -2.73. The van der Waals surface area contributed by atoms with Crippen molar-refractivity contribution in [1.82, 2.24) is 10.2 Å². The first-order valence-electron chi connectivity index (χ1n) is 8.68. The van der Waals surface area contributed by atoms with Crippen molar-refractivity contribution >= 4 is 18.3 Å². The molecular formula is C18H24ClF3N2O3. The number of halogens is 4. The van der Waals surface area contributed by atoms with Crippen LogP contribution >= 0.6 is 12.4 Å². The Labute approximate surface area is 162 Å². The standard InChI is InChI=1S/C18H23F3N2O3.ClH/c1-23-5-3-4-14(23)17(24)22-10-11-6-13(19)16(7-15(11)25-2)26-12-8-18(20,21)9-12;/h6-7,12,14H,3-5,8-10H2,1-2H3,(H,22,24);1H/t14-;/m0./s1. The van der Waals surface area contributed by atoms with E-state index < -0.39 is 30.7 Å². The van der Waals surface area contributed by atoms with E-state index in [9.17, 15) is 18.0 Å². The van der Waals surface area contributed by atoms with Crippen molar-refractivity contribution in [2.24, 2.45) is 0 Å². The summed E-state index contributed by atoms with van der Waals surface area (Å²) < 4.78 is 50.6. The van der Waals surface area contributed by atoms with E-state index >= 15 is 0 Å². The van der Waals surface area contributed by atoms with Crippen LogP contribution in [0.2, 0.25) is 0 Å². The van der Waals surface area contributed by atoms with Gasteiger partial charge in [-0.15, -0.1) is 12.4 Å². The highest BCUT2D eigenvalue weighted by molar-refractivity contribution is 5.85. The largest absolute Gasteiger partial charge is 0.496 e. The summed E-state index contributed by atoms with van der Waals surface area (Å²) in [5, 5.41) is 2.80. The summed E-state index contributed by atoms with van der Waals surface area (Å²) >= 11 is 0. The van der Waals surface area contributed by atoms with Gasteiger partial charge in [0.2, 0.25) is 5.91 Å². The molecule has 1 saturated carbocycles. The van der Waals surface area contributed by atoms with Crippen LogP contribution in [0.25, 0.3) is 0 Å².